The molecule has 3 rings (SSSR count). The summed E-state index contributed by atoms with van der Waals surface area (Å²) < 4.78 is 1.80. The molecule has 0 atom stereocenters. The predicted molar refractivity (Wildman–Crippen MR) is 102 cm³/mol. The summed E-state index contributed by atoms with van der Waals surface area (Å²) in [6, 6.07) is 15.3. The first kappa shape index (κ1) is 17.7. The first-order valence-corrected chi connectivity index (χ1v) is 8.64. The number of amides is 2. The van der Waals surface area contributed by atoms with E-state index in [0.29, 0.717) is 5.82 Å². The molecule has 0 fully saturated rings. The van der Waals surface area contributed by atoms with E-state index in [1.807, 2.05) is 48.5 Å². The zero-order valence-corrected chi connectivity index (χ0v) is 15.0. The third kappa shape index (κ3) is 3.74. The number of carbonyl (C=O) groups excluding carboxylic acids is 2. The Morgan fingerprint density at radius 3 is 2.54 bits per heavy atom. The van der Waals surface area contributed by atoms with Gasteiger partial charge in [0.1, 0.15) is 12.4 Å². The summed E-state index contributed by atoms with van der Waals surface area (Å²) in [4.78, 5) is 29.0. The van der Waals surface area contributed by atoms with Gasteiger partial charge in [0.05, 0.1) is 17.5 Å². The van der Waals surface area contributed by atoms with Crippen LogP contribution in [0.1, 0.15) is 18.3 Å². The fourth-order valence-corrected chi connectivity index (χ4v) is 2.95. The lowest BCUT2D eigenvalue weighted by molar-refractivity contribution is -0.120. The van der Waals surface area contributed by atoms with Crippen molar-refractivity contribution in [3.63, 3.8) is 0 Å². The molecule has 1 heterocycles. The van der Waals surface area contributed by atoms with Gasteiger partial charge in [0.25, 0.3) is 0 Å². The van der Waals surface area contributed by atoms with Crippen LogP contribution in [0.2, 0.25) is 0 Å². The molecule has 0 spiro atoms. The fourth-order valence-electron chi connectivity index (χ4n) is 2.95. The molecule has 26 heavy (non-hydrogen) atoms. The van der Waals surface area contributed by atoms with Gasteiger partial charge in [-0.3, -0.25) is 9.59 Å². The Hall–Kier alpha value is -3.15. The van der Waals surface area contributed by atoms with Crippen molar-refractivity contribution >= 4 is 28.5 Å². The topological polar surface area (TPSA) is 76.0 Å². The highest BCUT2D eigenvalue weighted by Crippen LogP contribution is 2.18. The Labute approximate surface area is 152 Å². The number of carbonyl (C=O) groups is 2. The monoisotopic (exact) mass is 350 g/mol. The number of hydrogen-bond donors (Lipinski definition) is 2. The number of hydrogen-bond acceptors (Lipinski definition) is 3. The second-order valence-corrected chi connectivity index (χ2v) is 6.01. The summed E-state index contributed by atoms with van der Waals surface area (Å²) in [6.45, 7) is 2.15. The number of aryl methyl sites for hydroxylation is 1. The van der Waals surface area contributed by atoms with Crippen molar-refractivity contribution in [1.82, 2.24) is 14.9 Å². The van der Waals surface area contributed by atoms with Crippen molar-refractivity contribution in [3.8, 4) is 0 Å². The maximum atomic E-state index is 12.6. The van der Waals surface area contributed by atoms with Crippen LogP contribution in [-0.2, 0) is 29.0 Å². The third-order valence-electron chi connectivity index (χ3n) is 4.31. The summed E-state index contributed by atoms with van der Waals surface area (Å²) >= 11 is 0. The van der Waals surface area contributed by atoms with E-state index in [1.54, 1.807) is 11.6 Å². The molecule has 0 bridgehead atoms. The minimum atomic E-state index is -0.146. The van der Waals surface area contributed by atoms with Crippen molar-refractivity contribution in [2.24, 2.45) is 0 Å². The van der Waals surface area contributed by atoms with Gasteiger partial charge in [-0.25, -0.2) is 4.98 Å². The van der Waals surface area contributed by atoms with Crippen LogP contribution in [0.4, 0.5) is 5.69 Å². The van der Waals surface area contributed by atoms with Crippen LogP contribution in [0.25, 0.3) is 11.0 Å². The van der Waals surface area contributed by atoms with Crippen LogP contribution in [-0.4, -0.2) is 28.4 Å². The smallest absolute Gasteiger partial charge is 0.244 e. The molecular formula is C20H22N4O2. The van der Waals surface area contributed by atoms with Gasteiger partial charge < -0.3 is 15.2 Å². The highest BCUT2D eigenvalue weighted by molar-refractivity contribution is 5.92. The zero-order valence-electron chi connectivity index (χ0n) is 15.0. The maximum absolute atomic E-state index is 12.6. The maximum Gasteiger partial charge on any atom is 0.244 e. The molecule has 0 saturated heterocycles. The molecule has 0 unspecified atom stereocenters. The number of fused-ring (bicyclic) bond motifs is 1. The Kier molecular flexibility index (Phi) is 5.31. The number of likely N-dealkylation sites (N-methyl/N-ethyl adjacent to an activating group) is 1. The van der Waals surface area contributed by atoms with Crippen LogP contribution in [0.15, 0.2) is 48.5 Å². The molecule has 6 heteroatoms. The minimum absolute atomic E-state index is 0.102. The van der Waals surface area contributed by atoms with Crippen LogP contribution in [0.3, 0.4) is 0 Å². The van der Waals surface area contributed by atoms with Crippen LogP contribution in [0.5, 0.6) is 0 Å². The molecule has 0 aliphatic carbocycles. The molecule has 134 valence electrons. The molecule has 0 aliphatic heterocycles. The van der Waals surface area contributed by atoms with E-state index in [1.165, 1.54) is 0 Å². The summed E-state index contributed by atoms with van der Waals surface area (Å²) in [7, 11) is 1.59. The number of anilines is 1. The van der Waals surface area contributed by atoms with Gasteiger partial charge >= 0.3 is 0 Å². The second-order valence-electron chi connectivity index (χ2n) is 6.01. The average Bonchev–Trinajstić information content (AvgIpc) is 2.99. The Morgan fingerprint density at radius 1 is 1.04 bits per heavy atom. The van der Waals surface area contributed by atoms with Gasteiger partial charge in [0.15, 0.2) is 0 Å². The van der Waals surface area contributed by atoms with Crippen molar-refractivity contribution in [2.45, 2.75) is 26.3 Å². The van der Waals surface area contributed by atoms with Gasteiger partial charge in [-0.2, -0.15) is 0 Å². The lowest BCUT2D eigenvalue weighted by Crippen LogP contribution is -2.25. The van der Waals surface area contributed by atoms with Gasteiger partial charge in [0, 0.05) is 12.7 Å². The summed E-state index contributed by atoms with van der Waals surface area (Å²) in [5.74, 6) is 0.287. The number of nitrogens with one attached hydrogen (secondary N) is 2. The number of para-hydroxylation sites is 3. The average molecular weight is 350 g/mol. The molecule has 2 N–H and O–H groups in total. The summed E-state index contributed by atoms with van der Waals surface area (Å²) in [5.41, 5.74) is 3.51. The Bertz CT molecular complexity index is 946. The predicted octanol–water partition coefficient (Wildman–Crippen LogP) is 2.53. The summed E-state index contributed by atoms with van der Waals surface area (Å²) in [6.07, 6.45) is 0.969. The SMILES string of the molecule is CCc1ccccc1NC(=O)Cn1c(CC(=O)NC)nc2ccccc21. The minimum Gasteiger partial charge on any atom is -0.359 e. The van der Waals surface area contributed by atoms with E-state index in [2.05, 4.69) is 22.5 Å². The summed E-state index contributed by atoms with van der Waals surface area (Å²) in [5, 5.41) is 5.57. The Morgan fingerprint density at radius 2 is 1.77 bits per heavy atom. The van der Waals surface area contributed by atoms with E-state index >= 15 is 0 Å². The fraction of sp³-hybridized carbons (Fsp3) is 0.250. The second kappa shape index (κ2) is 7.82. The Balaban J connectivity index is 1.88. The molecule has 0 aliphatic rings. The van der Waals surface area contributed by atoms with E-state index in [4.69, 9.17) is 0 Å². The highest BCUT2D eigenvalue weighted by Gasteiger charge is 2.16. The molecule has 0 saturated carbocycles. The molecule has 2 amide bonds. The van der Waals surface area contributed by atoms with Crippen molar-refractivity contribution in [3.05, 3.63) is 59.9 Å². The first-order valence-electron chi connectivity index (χ1n) is 8.64. The first-order chi connectivity index (χ1) is 12.6. The standard InChI is InChI=1S/C20H22N4O2/c1-3-14-8-4-5-9-15(14)23-20(26)13-24-17-11-7-6-10-16(17)22-18(24)12-19(25)21-2/h4-11H,3,12-13H2,1-2H3,(H,21,25)(H,23,26). The molecule has 0 radical (unpaired) electrons. The number of aromatic nitrogens is 2. The van der Waals surface area contributed by atoms with E-state index in [0.717, 1.165) is 28.7 Å². The van der Waals surface area contributed by atoms with Crippen LogP contribution in [0, 0.1) is 0 Å². The molecule has 6 nitrogen and oxygen atoms in total. The van der Waals surface area contributed by atoms with Gasteiger partial charge in [-0.05, 0) is 30.2 Å². The van der Waals surface area contributed by atoms with Gasteiger partial charge in [-0.1, -0.05) is 37.3 Å². The third-order valence-corrected chi connectivity index (χ3v) is 4.31. The van der Waals surface area contributed by atoms with E-state index in [9.17, 15) is 9.59 Å². The molecule has 2 aromatic carbocycles. The number of imidazole rings is 1. The normalized spacial score (nSPS) is 10.7. The van der Waals surface area contributed by atoms with Crippen molar-refractivity contribution in [2.75, 3.05) is 12.4 Å². The largest absolute Gasteiger partial charge is 0.359 e. The highest BCUT2D eigenvalue weighted by atomic mass is 16.2. The van der Waals surface area contributed by atoms with Gasteiger partial charge in [0.2, 0.25) is 11.8 Å². The molecular weight excluding hydrogens is 328 g/mol. The molecule has 1 aromatic heterocycles. The lowest BCUT2D eigenvalue weighted by Gasteiger charge is -2.12. The molecule has 3 aromatic rings. The quantitative estimate of drug-likeness (QED) is 0.717. The van der Waals surface area contributed by atoms with Crippen LogP contribution < -0.4 is 10.6 Å². The lowest BCUT2D eigenvalue weighted by atomic mass is 10.1. The number of rotatable bonds is 6. The van der Waals surface area contributed by atoms with Gasteiger partial charge in [-0.15, -0.1) is 0 Å². The van der Waals surface area contributed by atoms with E-state index in [-0.39, 0.29) is 24.8 Å². The van der Waals surface area contributed by atoms with Crippen LogP contribution >= 0.6 is 0 Å². The van der Waals surface area contributed by atoms with Crippen molar-refractivity contribution < 1.29 is 9.59 Å². The van der Waals surface area contributed by atoms with E-state index < -0.39 is 0 Å². The number of benzene rings is 2. The zero-order chi connectivity index (χ0) is 18.5. The number of nitrogens with zero attached hydrogens (tertiary/aromatic N) is 2. The van der Waals surface area contributed by atoms with Crippen molar-refractivity contribution in [1.29, 1.82) is 0 Å².